The average molecular weight is 435 g/mol. The second kappa shape index (κ2) is 10.7. The first-order chi connectivity index (χ1) is 15.5. The molecule has 8 heteroatoms. The molecule has 0 saturated carbocycles. The molecule has 2 aromatic rings. The first-order valence-electron chi connectivity index (χ1n) is 10.7. The highest BCUT2D eigenvalue weighted by Crippen LogP contribution is 2.30. The van der Waals surface area contributed by atoms with Crippen molar-refractivity contribution >= 4 is 5.69 Å². The third kappa shape index (κ3) is 5.22. The van der Waals surface area contributed by atoms with Crippen LogP contribution in [0.5, 0.6) is 0 Å². The van der Waals surface area contributed by atoms with Gasteiger partial charge < -0.3 is 32.8 Å². The molecule has 1 aliphatic heterocycles. The predicted molar refractivity (Wildman–Crippen MR) is 130 cm³/mol. The molecule has 0 radical (unpaired) electrons. The van der Waals surface area contributed by atoms with Crippen molar-refractivity contribution < 1.29 is 0 Å². The van der Waals surface area contributed by atoms with Crippen molar-refractivity contribution in [3.8, 4) is 0 Å². The molecule has 1 aliphatic rings. The van der Waals surface area contributed by atoms with Gasteiger partial charge in [0.1, 0.15) is 0 Å². The number of likely N-dealkylation sites (tertiary alicyclic amines) is 1. The van der Waals surface area contributed by atoms with Crippen LogP contribution >= 0.6 is 0 Å². The molecular weight excluding hydrogens is 400 g/mol. The molecule has 8 nitrogen and oxygen atoms in total. The summed E-state index contributed by atoms with van der Waals surface area (Å²) in [5, 5.41) is 3.62. The summed E-state index contributed by atoms with van der Waals surface area (Å²) < 4.78 is 0. The third-order valence-corrected chi connectivity index (χ3v) is 5.86. The van der Waals surface area contributed by atoms with Crippen LogP contribution in [0.15, 0.2) is 79.0 Å². The Kier molecular flexibility index (Phi) is 7.75. The van der Waals surface area contributed by atoms with E-state index in [0.717, 1.165) is 53.3 Å². The fourth-order valence-corrected chi connectivity index (χ4v) is 4.09. The van der Waals surface area contributed by atoms with Gasteiger partial charge in [0.25, 0.3) is 0 Å². The van der Waals surface area contributed by atoms with Crippen LogP contribution in [-0.4, -0.2) is 22.5 Å². The zero-order valence-corrected chi connectivity index (χ0v) is 18.4. The molecule has 3 rings (SSSR count). The number of nitrogens with two attached hydrogens (primary N) is 4. The van der Waals surface area contributed by atoms with Crippen molar-refractivity contribution in [2.75, 3.05) is 12.3 Å². The third-order valence-electron chi connectivity index (χ3n) is 5.86. The maximum Gasteiger partial charge on any atom is 0.0938 e. The highest BCUT2D eigenvalue weighted by Gasteiger charge is 2.30. The minimum atomic E-state index is -0.196. The van der Waals surface area contributed by atoms with Gasteiger partial charge in [-0.2, -0.15) is 0 Å². The van der Waals surface area contributed by atoms with Crippen LogP contribution in [0.3, 0.4) is 0 Å². The van der Waals surface area contributed by atoms with E-state index in [0.29, 0.717) is 18.7 Å². The van der Waals surface area contributed by atoms with Gasteiger partial charge in [-0.1, -0.05) is 43.5 Å². The molecule has 0 amide bonds. The first kappa shape index (κ1) is 23.2. The number of pyridine rings is 1. The highest BCUT2D eigenvalue weighted by molar-refractivity contribution is 5.48. The topological polar surface area (TPSA) is 144 Å². The van der Waals surface area contributed by atoms with Crippen LogP contribution in [-0.2, 0) is 6.54 Å². The summed E-state index contributed by atoms with van der Waals surface area (Å²) >= 11 is 0. The van der Waals surface area contributed by atoms with Gasteiger partial charge in [-0.05, 0) is 24.5 Å². The van der Waals surface area contributed by atoms with Crippen LogP contribution in [0.2, 0.25) is 0 Å². The van der Waals surface area contributed by atoms with Crippen LogP contribution < -0.4 is 33.8 Å². The summed E-state index contributed by atoms with van der Waals surface area (Å²) in [5.41, 5.74) is 26.2. The van der Waals surface area contributed by atoms with E-state index in [1.165, 1.54) is 6.20 Å². The number of benzene rings is 1. The Bertz CT molecular complexity index is 969. The molecule has 10 N–H and O–H groups in total. The Balaban J connectivity index is 1.83. The molecule has 0 aliphatic carbocycles. The first-order valence-corrected chi connectivity index (χ1v) is 10.7. The van der Waals surface area contributed by atoms with E-state index < -0.39 is 0 Å². The van der Waals surface area contributed by atoms with Gasteiger partial charge in [-0.25, -0.2) is 0 Å². The second-order valence-corrected chi connectivity index (χ2v) is 7.96. The zero-order valence-electron chi connectivity index (χ0n) is 18.4. The van der Waals surface area contributed by atoms with Crippen LogP contribution in [0.25, 0.3) is 0 Å². The molecule has 2 heterocycles. The zero-order chi connectivity index (χ0) is 23.1. The highest BCUT2D eigenvalue weighted by atomic mass is 15.2. The van der Waals surface area contributed by atoms with E-state index in [1.807, 2.05) is 24.3 Å². The van der Waals surface area contributed by atoms with Gasteiger partial charge in [-0.3, -0.25) is 10.8 Å². The van der Waals surface area contributed by atoms with Gasteiger partial charge in [0.05, 0.1) is 17.8 Å². The van der Waals surface area contributed by atoms with E-state index in [-0.39, 0.29) is 12.1 Å². The number of hydrogen-bond donors (Lipinski definition) is 6. The molecule has 2 unspecified atom stereocenters. The van der Waals surface area contributed by atoms with Gasteiger partial charge in [0.15, 0.2) is 0 Å². The lowest BCUT2D eigenvalue weighted by atomic mass is 10.0. The van der Waals surface area contributed by atoms with E-state index in [9.17, 15) is 0 Å². The number of nitrogen functional groups attached to an aromatic ring is 1. The lowest BCUT2D eigenvalue weighted by Gasteiger charge is -2.33. The Hall–Kier alpha value is -3.49. The number of nitrogens with zero attached hydrogens (tertiary/aromatic N) is 2. The summed E-state index contributed by atoms with van der Waals surface area (Å²) in [6.45, 7) is 9.89. The number of hydrogen-bond acceptors (Lipinski definition) is 8. The molecule has 32 heavy (non-hydrogen) atoms. The molecule has 1 saturated heterocycles. The summed E-state index contributed by atoms with van der Waals surface area (Å²) in [7, 11) is 0. The number of anilines is 1. The van der Waals surface area contributed by atoms with E-state index in [1.54, 1.807) is 6.20 Å². The Morgan fingerprint density at radius 3 is 2.66 bits per heavy atom. The van der Waals surface area contributed by atoms with Gasteiger partial charge in [0.2, 0.25) is 0 Å². The minimum absolute atomic E-state index is 0.103. The number of rotatable bonds is 10. The minimum Gasteiger partial charge on any atom is -0.403 e. The van der Waals surface area contributed by atoms with Crippen LogP contribution in [0.1, 0.15) is 42.1 Å². The maximum atomic E-state index is 6.21. The SMILES string of the molecule is C=C(NC(c1ccccc1)c1cc(N)c(CN)cn1)C1CCCN1C(=C)C/C(=C/N)NN. The lowest BCUT2D eigenvalue weighted by molar-refractivity contribution is 0.333. The average Bonchev–Trinajstić information content (AvgIpc) is 3.31. The van der Waals surface area contributed by atoms with Gasteiger partial charge in [0, 0.05) is 60.2 Å². The fraction of sp³-hybridized carbons (Fsp3) is 0.292. The van der Waals surface area contributed by atoms with Crippen molar-refractivity contribution in [2.45, 2.75) is 37.9 Å². The Morgan fingerprint density at radius 2 is 2.03 bits per heavy atom. The number of hydrazine groups is 1. The van der Waals surface area contributed by atoms with Crippen molar-refractivity contribution in [3.63, 3.8) is 0 Å². The molecular formula is C24H34N8. The summed E-state index contributed by atoms with van der Waals surface area (Å²) in [5.74, 6) is 5.54. The van der Waals surface area contributed by atoms with Crippen molar-refractivity contribution in [2.24, 2.45) is 17.3 Å². The summed E-state index contributed by atoms with van der Waals surface area (Å²) in [6, 6.07) is 11.9. The molecule has 1 aromatic carbocycles. The molecule has 1 fully saturated rings. The van der Waals surface area contributed by atoms with E-state index in [4.69, 9.17) is 23.0 Å². The monoisotopic (exact) mass is 434 g/mol. The standard InChI is InChI=1S/C24H34N8/c1-16(11-20(14-26)31-28)32-10-6-9-23(32)17(2)30-24(18-7-4-3-5-8-18)22-12-21(27)19(13-25)15-29-22/h3-5,7-8,12,14-15,23-24,30-31H,1-2,6,9-11,13,25-26,28H2,(H2,27,29)/b20-14-. The van der Waals surface area contributed by atoms with Gasteiger partial charge >= 0.3 is 0 Å². The Labute approximate surface area is 190 Å². The van der Waals surface area contributed by atoms with Crippen LogP contribution in [0.4, 0.5) is 5.69 Å². The lowest BCUT2D eigenvalue weighted by Crippen LogP contribution is -2.37. The molecule has 0 spiro atoms. The molecule has 1 aromatic heterocycles. The number of aromatic nitrogens is 1. The number of nitrogens with one attached hydrogen (secondary N) is 2. The summed E-state index contributed by atoms with van der Waals surface area (Å²) in [4.78, 5) is 6.91. The normalized spacial score (nSPS) is 17.1. The van der Waals surface area contributed by atoms with E-state index >= 15 is 0 Å². The fourth-order valence-electron chi connectivity index (χ4n) is 4.09. The smallest absolute Gasteiger partial charge is 0.0938 e. The predicted octanol–water partition coefficient (Wildman–Crippen LogP) is 1.95. The molecule has 170 valence electrons. The largest absolute Gasteiger partial charge is 0.403 e. The van der Waals surface area contributed by atoms with E-state index in [2.05, 4.69) is 45.9 Å². The van der Waals surface area contributed by atoms with Crippen LogP contribution in [0, 0.1) is 0 Å². The quantitative estimate of drug-likeness (QED) is 0.246. The maximum absolute atomic E-state index is 6.21. The van der Waals surface area contributed by atoms with Crippen molar-refractivity contribution in [3.05, 3.63) is 95.9 Å². The summed E-state index contributed by atoms with van der Waals surface area (Å²) in [6.07, 6.45) is 5.79. The van der Waals surface area contributed by atoms with Gasteiger partial charge in [-0.15, -0.1) is 0 Å². The van der Waals surface area contributed by atoms with Crippen molar-refractivity contribution in [1.29, 1.82) is 0 Å². The molecule has 0 bridgehead atoms. The second-order valence-electron chi connectivity index (χ2n) is 7.96. The van der Waals surface area contributed by atoms with Crippen molar-refractivity contribution in [1.82, 2.24) is 20.6 Å². The molecule has 2 atom stereocenters. The Morgan fingerprint density at radius 1 is 1.28 bits per heavy atom.